The molecule has 5 fully saturated rings. The summed E-state index contributed by atoms with van der Waals surface area (Å²) in [6, 6.07) is 0. The fourth-order valence-electron chi connectivity index (χ4n) is 14.4. The first-order chi connectivity index (χ1) is 24.4. The van der Waals surface area contributed by atoms with E-state index in [1.54, 1.807) is 4.90 Å². The molecule has 0 bridgehead atoms. The number of alkyl halides is 1. The van der Waals surface area contributed by atoms with Gasteiger partial charge in [-0.05, 0) is 146 Å². The molecule has 10 atom stereocenters. The van der Waals surface area contributed by atoms with Crippen LogP contribution in [0.5, 0.6) is 0 Å². The SMILES string of the molecule is C=C[C@@H]1CC[C@]2(NCC(=O)N3CCCS(=O)(=O)CC3)CC[C@]3(C)[C@H](CC[C@@H]4[C@@]5(C)CC=C(C6=CC[C@](CF)(C(=O)O)CC6)C(C)(C)[C@@H]5CC[C@]43C)[C@@H]12. The van der Waals surface area contributed by atoms with Crippen molar-refractivity contribution in [1.82, 2.24) is 10.2 Å². The second kappa shape index (κ2) is 13.1. The number of nitrogens with one attached hydrogen (secondary N) is 1. The Morgan fingerprint density at radius 2 is 1.71 bits per heavy atom. The first kappa shape index (κ1) is 38.3. The van der Waals surface area contributed by atoms with Crippen LogP contribution in [0.4, 0.5) is 4.39 Å². The molecule has 290 valence electrons. The maximum atomic E-state index is 14.0. The van der Waals surface area contributed by atoms with Gasteiger partial charge in [0.1, 0.15) is 6.67 Å². The summed E-state index contributed by atoms with van der Waals surface area (Å²) in [5, 5.41) is 13.7. The van der Waals surface area contributed by atoms with Crippen LogP contribution in [-0.4, -0.2) is 73.7 Å². The normalized spacial score (nSPS) is 45.2. The number of rotatable bonds is 7. The maximum Gasteiger partial charge on any atom is 0.312 e. The van der Waals surface area contributed by atoms with Crippen molar-refractivity contribution in [3.05, 3.63) is 36.0 Å². The lowest BCUT2D eigenvalue weighted by molar-refractivity contribution is -0.220. The van der Waals surface area contributed by atoms with Gasteiger partial charge in [0.2, 0.25) is 5.91 Å². The topological polar surface area (TPSA) is 104 Å². The highest BCUT2D eigenvalue weighted by Gasteiger charge is 2.70. The number of hydrogen-bond acceptors (Lipinski definition) is 5. The molecule has 0 radical (unpaired) electrons. The highest BCUT2D eigenvalue weighted by molar-refractivity contribution is 7.91. The summed E-state index contributed by atoms with van der Waals surface area (Å²) in [5.41, 5.74) is 1.70. The van der Waals surface area contributed by atoms with Crippen LogP contribution in [0.15, 0.2) is 36.0 Å². The molecule has 0 aromatic rings. The third-order valence-corrected chi connectivity index (χ3v) is 19.2. The molecule has 1 aliphatic heterocycles. The predicted octanol–water partition coefficient (Wildman–Crippen LogP) is 7.93. The van der Waals surface area contributed by atoms with E-state index in [-0.39, 0.29) is 57.6 Å². The number of amides is 1. The number of carbonyl (C=O) groups excluding carboxylic acids is 1. The molecule has 0 aromatic heterocycles. The van der Waals surface area contributed by atoms with E-state index in [9.17, 15) is 27.5 Å². The molecule has 0 aromatic carbocycles. The van der Waals surface area contributed by atoms with Gasteiger partial charge in [-0.1, -0.05) is 52.8 Å². The van der Waals surface area contributed by atoms with Gasteiger partial charge in [-0.2, -0.15) is 0 Å². The predicted molar refractivity (Wildman–Crippen MR) is 204 cm³/mol. The molecular formula is C43H65FN2O5S. The molecule has 7 nitrogen and oxygen atoms in total. The Morgan fingerprint density at radius 3 is 2.38 bits per heavy atom. The Bertz CT molecular complexity index is 1660. The lowest BCUT2D eigenvalue weighted by Crippen LogP contribution is -2.68. The number of nitrogens with zero attached hydrogens (tertiary/aromatic N) is 1. The fraction of sp³-hybridized carbons (Fsp3) is 0.814. The lowest BCUT2D eigenvalue weighted by Gasteiger charge is -2.72. The summed E-state index contributed by atoms with van der Waals surface area (Å²) in [7, 11) is -3.08. The number of halogens is 1. The van der Waals surface area contributed by atoms with Gasteiger partial charge in [0.25, 0.3) is 0 Å². The number of hydrogen-bond donors (Lipinski definition) is 2. The van der Waals surface area contributed by atoms with Crippen molar-refractivity contribution in [2.45, 2.75) is 124 Å². The fourth-order valence-corrected chi connectivity index (χ4v) is 15.7. The molecule has 0 spiro atoms. The summed E-state index contributed by atoms with van der Waals surface area (Å²) in [4.78, 5) is 27.3. The van der Waals surface area contributed by atoms with Crippen LogP contribution < -0.4 is 5.32 Å². The Labute approximate surface area is 312 Å². The number of allylic oxidation sites excluding steroid dienone is 5. The van der Waals surface area contributed by atoms with Crippen LogP contribution >= 0.6 is 0 Å². The van der Waals surface area contributed by atoms with E-state index in [2.05, 4.69) is 64.7 Å². The molecule has 1 amide bonds. The summed E-state index contributed by atoms with van der Waals surface area (Å²) in [5.74, 6) is 1.74. The first-order valence-corrected chi connectivity index (χ1v) is 22.3. The van der Waals surface area contributed by atoms with Crippen LogP contribution in [-0.2, 0) is 19.4 Å². The molecule has 4 saturated carbocycles. The first-order valence-electron chi connectivity index (χ1n) is 20.5. The van der Waals surface area contributed by atoms with Crippen molar-refractivity contribution < 1.29 is 27.5 Å². The van der Waals surface area contributed by atoms with E-state index in [1.165, 1.54) is 36.8 Å². The van der Waals surface area contributed by atoms with Gasteiger partial charge < -0.3 is 15.3 Å². The average molecular weight is 741 g/mol. The molecule has 0 unspecified atom stereocenters. The number of carbonyl (C=O) groups is 2. The molecule has 1 heterocycles. The van der Waals surface area contributed by atoms with E-state index in [0.717, 1.165) is 32.1 Å². The van der Waals surface area contributed by atoms with Crippen molar-refractivity contribution in [3.63, 3.8) is 0 Å². The maximum absolute atomic E-state index is 14.0. The van der Waals surface area contributed by atoms with Crippen molar-refractivity contribution in [2.75, 3.05) is 37.8 Å². The van der Waals surface area contributed by atoms with Crippen LogP contribution in [0.3, 0.4) is 0 Å². The van der Waals surface area contributed by atoms with Crippen LogP contribution in [0.1, 0.15) is 118 Å². The van der Waals surface area contributed by atoms with Crippen molar-refractivity contribution >= 4 is 21.7 Å². The quantitative estimate of drug-likeness (QED) is 0.257. The molecule has 7 aliphatic rings. The third-order valence-electron chi connectivity index (χ3n) is 17.5. The number of aliphatic carboxylic acids is 1. The number of sulfone groups is 1. The zero-order valence-electron chi connectivity index (χ0n) is 32.6. The zero-order chi connectivity index (χ0) is 37.5. The van der Waals surface area contributed by atoms with Crippen LogP contribution in [0.25, 0.3) is 0 Å². The van der Waals surface area contributed by atoms with Crippen LogP contribution in [0.2, 0.25) is 0 Å². The minimum atomic E-state index is -3.08. The number of carboxylic acids is 1. The highest BCUT2D eigenvalue weighted by atomic mass is 32.2. The largest absolute Gasteiger partial charge is 0.481 e. The smallest absolute Gasteiger partial charge is 0.312 e. The van der Waals surface area contributed by atoms with Gasteiger partial charge in [-0.3, -0.25) is 9.59 Å². The Hall–Kier alpha value is -2.00. The zero-order valence-corrected chi connectivity index (χ0v) is 33.4. The van der Waals surface area contributed by atoms with Gasteiger partial charge in [-0.15, -0.1) is 6.58 Å². The van der Waals surface area contributed by atoms with Crippen molar-refractivity contribution in [3.8, 4) is 0 Å². The summed E-state index contributed by atoms with van der Waals surface area (Å²) < 4.78 is 38.4. The van der Waals surface area contributed by atoms with Gasteiger partial charge in [-0.25, -0.2) is 12.8 Å². The summed E-state index contributed by atoms with van der Waals surface area (Å²) >= 11 is 0. The molecule has 2 N–H and O–H groups in total. The standard InChI is InChI=1S/C43H65FN2O5S/c1-7-29-13-20-43(45-27-35(47)46-23-8-25-52(50,51)26-24-46)22-21-40(5)32(36(29)43)9-10-34-39(4)16-14-31(38(2,3)33(39)15-17-41(34,40)6)30-11-18-42(28-44,19-12-30)37(48)49/h7,11,14,29,32-34,36,45H,1,8-10,12-13,15-28H2,2-6H3,(H,48,49)/t29-,32-,33+,34-,36-,39+,40-,41-,42+,43+/m1/s1. The van der Waals surface area contributed by atoms with E-state index in [4.69, 9.17) is 0 Å². The number of fused-ring (bicyclic) bond motifs is 7. The Balaban J connectivity index is 1.13. The number of carboxylic acid groups (broad SMARTS) is 1. The van der Waals surface area contributed by atoms with Gasteiger partial charge in [0, 0.05) is 18.6 Å². The molecule has 9 heteroatoms. The van der Waals surface area contributed by atoms with E-state index < -0.39 is 27.9 Å². The molecule has 6 aliphatic carbocycles. The summed E-state index contributed by atoms with van der Waals surface area (Å²) in [6.45, 7) is 17.3. The Kier molecular flexibility index (Phi) is 9.61. The van der Waals surface area contributed by atoms with E-state index in [1.807, 2.05) is 0 Å². The van der Waals surface area contributed by atoms with E-state index >= 15 is 0 Å². The Morgan fingerprint density at radius 1 is 0.942 bits per heavy atom. The second-order valence-electron chi connectivity index (χ2n) is 19.7. The highest BCUT2D eigenvalue weighted by Crippen LogP contribution is 2.76. The lowest BCUT2D eigenvalue weighted by atomic mass is 9.33. The third kappa shape index (κ3) is 5.65. The van der Waals surface area contributed by atoms with Gasteiger partial charge >= 0.3 is 5.97 Å². The monoisotopic (exact) mass is 740 g/mol. The minimum absolute atomic E-state index is 0.0301. The summed E-state index contributed by atoms with van der Waals surface area (Å²) in [6.07, 6.45) is 18.7. The molecule has 7 rings (SSSR count). The van der Waals surface area contributed by atoms with Gasteiger partial charge in [0.05, 0.1) is 23.5 Å². The second-order valence-corrected chi connectivity index (χ2v) is 22.0. The van der Waals surface area contributed by atoms with Crippen molar-refractivity contribution in [1.29, 1.82) is 0 Å². The molecule has 52 heavy (non-hydrogen) atoms. The van der Waals surface area contributed by atoms with E-state index in [0.29, 0.717) is 61.9 Å². The minimum Gasteiger partial charge on any atom is -0.481 e. The van der Waals surface area contributed by atoms with Crippen molar-refractivity contribution in [2.24, 2.45) is 56.7 Å². The van der Waals surface area contributed by atoms with Gasteiger partial charge in [0.15, 0.2) is 9.84 Å². The molecular weight excluding hydrogens is 676 g/mol. The van der Waals surface area contributed by atoms with Crippen LogP contribution in [0, 0.1) is 56.7 Å². The average Bonchev–Trinajstić information content (AvgIpc) is 3.37. The molecule has 1 saturated heterocycles.